The van der Waals surface area contributed by atoms with Crippen LogP contribution in [0.5, 0.6) is 11.5 Å². The molecular weight excluding hydrogens is 406 g/mol. The summed E-state index contributed by atoms with van der Waals surface area (Å²) in [6, 6.07) is 11.1. The van der Waals surface area contributed by atoms with Crippen LogP contribution in [-0.2, 0) is 13.5 Å². The lowest BCUT2D eigenvalue weighted by Gasteiger charge is -2.16. The first-order valence-electron chi connectivity index (χ1n) is 10.6. The number of aryl methyl sites for hydroxylation is 2. The molecule has 0 aliphatic carbocycles. The van der Waals surface area contributed by atoms with E-state index in [9.17, 15) is 9.90 Å². The Labute approximate surface area is 187 Å². The molecule has 0 spiro atoms. The van der Waals surface area contributed by atoms with Gasteiger partial charge in [0, 0.05) is 54.3 Å². The van der Waals surface area contributed by atoms with E-state index in [0.717, 1.165) is 29.8 Å². The van der Waals surface area contributed by atoms with E-state index in [1.807, 2.05) is 36.5 Å². The van der Waals surface area contributed by atoms with Crippen molar-refractivity contribution in [3.63, 3.8) is 0 Å². The summed E-state index contributed by atoms with van der Waals surface area (Å²) in [6.45, 7) is 1.70. The fourth-order valence-corrected chi connectivity index (χ4v) is 3.97. The van der Waals surface area contributed by atoms with Crippen LogP contribution in [0.2, 0.25) is 0 Å². The quantitative estimate of drug-likeness (QED) is 0.658. The van der Waals surface area contributed by atoms with Gasteiger partial charge in [0.15, 0.2) is 11.5 Å². The second kappa shape index (κ2) is 8.96. The molecule has 1 aromatic carbocycles. The van der Waals surface area contributed by atoms with E-state index in [4.69, 9.17) is 19.5 Å². The van der Waals surface area contributed by atoms with E-state index in [2.05, 4.69) is 0 Å². The van der Waals surface area contributed by atoms with Crippen LogP contribution in [0.4, 0.5) is 5.69 Å². The third kappa shape index (κ3) is 4.16. The molecule has 3 aromatic rings. The van der Waals surface area contributed by atoms with Gasteiger partial charge in [-0.05, 0) is 43.5 Å². The zero-order valence-corrected chi connectivity index (χ0v) is 18.7. The van der Waals surface area contributed by atoms with Crippen LogP contribution in [0.1, 0.15) is 42.2 Å². The normalized spacial score (nSPS) is 16.2. The highest BCUT2D eigenvalue weighted by atomic mass is 16.5. The molecule has 0 fully saturated rings. The zero-order chi connectivity index (χ0) is 22.8. The van der Waals surface area contributed by atoms with Crippen molar-refractivity contribution in [3.8, 4) is 22.8 Å². The van der Waals surface area contributed by atoms with E-state index in [-0.39, 0.29) is 11.5 Å². The number of fused-ring (bicyclic) bond motifs is 1. The molecule has 0 radical (unpaired) electrons. The largest absolute Gasteiger partial charge is 0.493 e. The summed E-state index contributed by atoms with van der Waals surface area (Å²) < 4.78 is 12.4. The Morgan fingerprint density at radius 2 is 1.88 bits per heavy atom. The number of hydrogen-bond acceptors (Lipinski definition) is 6. The number of rotatable bonds is 5. The van der Waals surface area contributed by atoms with Gasteiger partial charge in [-0.3, -0.25) is 14.8 Å². The second-order valence-electron chi connectivity index (χ2n) is 7.97. The number of aromatic nitrogens is 2. The fraction of sp³-hybridized carbons (Fsp3) is 0.320. The van der Waals surface area contributed by atoms with Gasteiger partial charge in [-0.2, -0.15) is 0 Å². The molecule has 0 saturated carbocycles. The number of hydrogen-bond donors (Lipinski definition) is 1. The van der Waals surface area contributed by atoms with Crippen molar-refractivity contribution in [3.05, 3.63) is 69.8 Å². The first kappa shape index (κ1) is 21.8. The summed E-state index contributed by atoms with van der Waals surface area (Å²) in [5, 5.41) is 10.3. The lowest BCUT2D eigenvalue weighted by Crippen LogP contribution is -2.15. The zero-order valence-electron chi connectivity index (χ0n) is 18.7. The molecule has 1 N–H and O–H groups in total. The Kier molecular flexibility index (Phi) is 6.10. The van der Waals surface area contributed by atoms with E-state index in [1.54, 1.807) is 40.5 Å². The summed E-state index contributed by atoms with van der Waals surface area (Å²) in [5.74, 6) is 1.33. The third-order valence-electron chi connectivity index (χ3n) is 5.86. The second-order valence-corrected chi connectivity index (χ2v) is 7.97. The van der Waals surface area contributed by atoms with E-state index in [1.165, 1.54) is 4.57 Å². The average molecular weight is 434 g/mol. The topological polar surface area (TPSA) is 85.9 Å². The van der Waals surface area contributed by atoms with E-state index < -0.39 is 6.10 Å². The maximum absolute atomic E-state index is 12.2. The highest BCUT2D eigenvalue weighted by molar-refractivity contribution is 5.75. The number of aliphatic hydroxyl groups is 1. The van der Waals surface area contributed by atoms with Crippen LogP contribution in [0.25, 0.3) is 11.3 Å². The van der Waals surface area contributed by atoms with Gasteiger partial charge in [-0.1, -0.05) is 6.07 Å². The molecule has 32 heavy (non-hydrogen) atoms. The Hall–Kier alpha value is -3.45. The van der Waals surface area contributed by atoms with Crippen LogP contribution in [0.15, 0.2) is 52.4 Å². The number of aliphatic imine (C=N–C) groups is 1. The smallest absolute Gasteiger partial charge is 0.250 e. The maximum Gasteiger partial charge on any atom is 0.250 e. The summed E-state index contributed by atoms with van der Waals surface area (Å²) in [6.07, 6.45) is 4.55. The predicted molar refractivity (Wildman–Crippen MR) is 124 cm³/mol. The van der Waals surface area contributed by atoms with Crippen LogP contribution in [0, 0.1) is 0 Å². The Bertz CT molecular complexity index is 1230. The minimum Gasteiger partial charge on any atom is -0.493 e. The van der Waals surface area contributed by atoms with Gasteiger partial charge in [0.1, 0.15) is 0 Å². The van der Waals surface area contributed by atoms with Crippen molar-refractivity contribution in [2.75, 3.05) is 14.2 Å². The molecular formula is C25H27N3O4. The summed E-state index contributed by atoms with van der Waals surface area (Å²) in [5.41, 5.74) is 4.67. The molecule has 4 rings (SSSR count). The van der Waals surface area contributed by atoms with Crippen molar-refractivity contribution in [1.82, 2.24) is 9.55 Å². The van der Waals surface area contributed by atoms with Gasteiger partial charge >= 0.3 is 0 Å². The molecule has 2 aromatic heterocycles. The number of aliphatic hydroxyl groups excluding tert-OH is 1. The Morgan fingerprint density at radius 3 is 2.56 bits per heavy atom. The third-order valence-corrected chi connectivity index (χ3v) is 5.86. The number of methoxy groups -OCH3 is 2. The van der Waals surface area contributed by atoms with E-state index in [0.29, 0.717) is 28.3 Å². The first-order chi connectivity index (χ1) is 15.4. The Balaban J connectivity index is 1.72. The molecule has 7 nitrogen and oxygen atoms in total. The molecule has 7 heteroatoms. The summed E-state index contributed by atoms with van der Waals surface area (Å²) in [7, 11) is 4.94. The number of benzene rings is 1. The highest BCUT2D eigenvalue weighted by Crippen LogP contribution is 2.38. The molecule has 1 aliphatic heterocycles. The number of nitrogens with zero attached hydrogens (tertiary/aromatic N) is 3. The lowest BCUT2D eigenvalue weighted by molar-refractivity contribution is 0.199. The summed E-state index contributed by atoms with van der Waals surface area (Å²) in [4.78, 5) is 21.8. The van der Waals surface area contributed by atoms with Gasteiger partial charge in [-0.15, -0.1) is 0 Å². The van der Waals surface area contributed by atoms with Crippen LogP contribution in [-0.4, -0.2) is 35.1 Å². The summed E-state index contributed by atoms with van der Waals surface area (Å²) >= 11 is 0. The molecule has 1 aliphatic rings. The van der Waals surface area contributed by atoms with Crippen LogP contribution < -0.4 is 15.0 Å². The molecule has 0 bridgehead atoms. The van der Waals surface area contributed by atoms with Crippen LogP contribution in [0.3, 0.4) is 0 Å². The molecule has 166 valence electrons. The molecule has 1 unspecified atom stereocenters. The van der Waals surface area contributed by atoms with Gasteiger partial charge in [0.25, 0.3) is 5.56 Å². The monoisotopic (exact) mass is 433 g/mol. The number of ether oxygens (including phenoxy) is 2. The average Bonchev–Trinajstić information content (AvgIpc) is 3.01. The Morgan fingerprint density at radius 1 is 1.12 bits per heavy atom. The minimum atomic E-state index is -0.706. The van der Waals surface area contributed by atoms with E-state index >= 15 is 0 Å². The minimum absolute atomic E-state index is 0.00673. The molecule has 0 saturated heterocycles. The lowest BCUT2D eigenvalue weighted by atomic mass is 9.95. The van der Waals surface area contributed by atoms with Crippen molar-refractivity contribution >= 4 is 11.9 Å². The molecule has 2 atom stereocenters. The van der Waals surface area contributed by atoms with Crippen molar-refractivity contribution < 1.29 is 14.6 Å². The maximum atomic E-state index is 12.2. The van der Waals surface area contributed by atoms with Gasteiger partial charge in [0.05, 0.1) is 31.7 Å². The van der Waals surface area contributed by atoms with Crippen molar-refractivity contribution in [2.24, 2.45) is 12.0 Å². The molecule has 0 amide bonds. The first-order valence-corrected chi connectivity index (χ1v) is 10.6. The van der Waals surface area contributed by atoms with Crippen molar-refractivity contribution in [1.29, 1.82) is 0 Å². The standard InChI is InChI=1S/C25H27N3O4/c1-15(29)19-7-8-20(27-25(19)17-9-10-28(2)24(30)12-17)18-6-5-16-11-22(31-3)23(32-4)13-21(16)26-14-18/h7-15,18,29H,5-6H2,1-4H3/t15-,18?/m0/s1. The van der Waals surface area contributed by atoms with Gasteiger partial charge in [-0.25, -0.2) is 0 Å². The van der Waals surface area contributed by atoms with Gasteiger partial charge in [0.2, 0.25) is 0 Å². The van der Waals surface area contributed by atoms with Crippen molar-refractivity contribution in [2.45, 2.75) is 31.8 Å². The highest BCUT2D eigenvalue weighted by Gasteiger charge is 2.21. The fourth-order valence-electron chi connectivity index (χ4n) is 3.97. The predicted octanol–water partition coefficient (Wildman–Crippen LogP) is 3.95. The number of pyridine rings is 2. The SMILES string of the molecule is COc1cc2c(cc1OC)N=CC(c1ccc([C@H](C)O)c(-c3ccn(C)c(=O)c3)n1)CC2. The molecule has 3 heterocycles. The van der Waals surface area contributed by atoms with Gasteiger partial charge < -0.3 is 19.1 Å². The van der Waals surface area contributed by atoms with Crippen LogP contribution >= 0.6 is 0 Å².